The van der Waals surface area contributed by atoms with Gasteiger partial charge in [0.05, 0.1) is 12.0 Å². The van der Waals surface area contributed by atoms with E-state index in [4.69, 9.17) is 0 Å². The van der Waals surface area contributed by atoms with Gasteiger partial charge in [-0.2, -0.15) is 5.10 Å². The predicted molar refractivity (Wildman–Crippen MR) is 93.6 cm³/mol. The molecule has 0 aromatic heterocycles. The second kappa shape index (κ2) is 5.94. The number of fused-ring (bicyclic) bond motifs is 1. The average Bonchev–Trinajstić information content (AvgIpc) is 2.95. The SMILES string of the molecule is CN1NC2=NNC(=O)/C(=C\c3ccccc3)C2C1c1ccccc1. The molecular weight excluding hydrogens is 300 g/mol. The van der Waals surface area contributed by atoms with Crippen molar-refractivity contribution in [2.75, 3.05) is 7.05 Å². The number of amides is 1. The number of hydrogen-bond acceptors (Lipinski definition) is 4. The molecule has 0 radical (unpaired) electrons. The molecule has 0 saturated carbocycles. The number of benzene rings is 2. The van der Waals surface area contributed by atoms with Gasteiger partial charge in [-0.15, -0.1) is 0 Å². The highest BCUT2D eigenvalue weighted by molar-refractivity contribution is 6.08. The summed E-state index contributed by atoms with van der Waals surface area (Å²) in [7, 11) is 1.98. The standard InChI is InChI=1S/C19H18N4O/c1-23-17(14-10-6-3-7-11-14)16-15(12-13-8-4-2-5-9-13)19(24)21-20-18(16)22-23/h2-12,16-17H,1H3,(H,20,22)(H,21,24)/b15-12-. The number of hydrazine groups is 1. The van der Waals surface area contributed by atoms with Crippen LogP contribution in [0.5, 0.6) is 0 Å². The number of nitrogens with one attached hydrogen (secondary N) is 2. The van der Waals surface area contributed by atoms with E-state index in [2.05, 4.69) is 28.1 Å². The van der Waals surface area contributed by atoms with E-state index in [0.717, 1.165) is 22.5 Å². The largest absolute Gasteiger partial charge is 0.304 e. The third-order valence-corrected chi connectivity index (χ3v) is 4.46. The fourth-order valence-electron chi connectivity index (χ4n) is 3.37. The minimum atomic E-state index is -0.148. The maximum Gasteiger partial charge on any atom is 0.268 e. The molecular formula is C19H18N4O. The molecule has 2 aliphatic rings. The van der Waals surface area contributed by atoms with E-state index in [-0.39, 0.29) is 17.9 Å². The highest BCUT2D eigenvalue weighted by Crippen LogP contribution is 2.38. The highest BCUT2D eigenvalue weighted by Gasteiger charge is 2.44. The van der Waals surface area contributed by atoms with Gasteiger partial charge in [0.2, 0.25) is 0 Å². The van der Waals surface area contributed by atoms with Crippen molar-refractivity contribution in [2.45, 2.75) is 6.04 Å². The van der Waals surface area contributed by atoms with E-state index in [0.29, 0.717) is 0 Å². The number of carbonyl (C=O) groups is 1. The predicted octanol–water partition coefficient (Wildman–Crippen LogP) is 2.32. The summed E-state index contributed by atoms with van der Waals surface area (Å²) in [5.41, 5.74) is 8.75. The van der Waals surface area contributed by atoms with Crippen LogP contribution in [-0.4, -0.2) is 23.8 Å². The van der Waals surface area contributed by atoms with Gasteiger partial charge in [0.1, 0.15) is 5.84 Å². The molecule has 2 N–H and O–H groups in total. The molecule has 2 aromatic carbocycles. The molecule has 5 heteroatoms. The quantitative estimate of drug-likeness (QED) is 0.836. The van der Waals surface area contributed by atoms with Crippen LogP contribution < -0.4 is 10.9 Å². The first-order valence-corrected chi connectivity index (χ1v) is 7.93. The minimum Gasteiger partial charge on any atom is -0.304 e. The van der Waals surface area contributed by atoms with Gasteiger partial charge in [0.15, 0.2) is 0 Å². The summed E-state index contributed by atoms with van der Waals surface area (Å²) in [4.78, 5) is 12.5. The van der Waals surface area contributed by atoms with Crippen molar-refractivity contribution < 1.29 is 4.79 Å². The van der Waals surface area contributed by atoms with Gasteiger partial charge in [-0.25, -0.2) is 10.4 Å². The van der Waals surface area contributed by atoms with E-state index < -0.39 is 0 Å². The molecule has 2 atom stereocenters. The first-order valence-electron chi connectivity index (χ1n) is 7.93. The van der Waals surface area contributed by atoms with E-state index in [9.17, 15) is 4.79 Å². The van der Waals surface area contributed by atoms with E-state index in [1.807, 2.05) is 66.7 Å². The summed E-state index contributed by atoms with van der Waals surface area (Å²) >= 11 is 0. The van der Waals surface area contributed by atoms with Crippen LogP contribution in [0.1, 0.15) is 17.2 Å². The van der Waals surface area contributed by atoms with Crippen LogP contribution >= 0.6 is 0 Å². The molecule has 0 aliphatic carbocycles. The number of nitrogens with zero attached hydrogens (tertiary/aromatic N) is 2. The number of rotatable bonds is 2. The Morgan fingerprint density at radius 1 is 1.04 bits per heavy atom. The lowest BCUT2D eigenvalue weighted by molar-refractivity contribution is -0.118. The Morgan fingerprint density at radius 2 is 1.71 bits per heavy atom. The second-order valence-electron chi connectivity index (χ2n) is 6.00. The molecule has 0 bridgehead atoms. The molecule has 1 saturated heterocycles. The average molecular weight is 318 g/mol. The summed E-state index contributed by atoms with van der Waals surface area (Å²) in [5.74, 6) is 0.505. The van der Waals surface area contributed by atoms with Crippen LogP contribution in [0.25, 0.3) is 6.08 Å². The molecule has 2 heterocycles. The monoisotopic (exact) mass is 318 g/mol. The van der Waals surface area contributed by atoms with Crippen LogP contribution in [-0.2, 0) is 4.79 Å². The highest BCUT2D eigenvalue weighted by atomic mass is 16.2. The fourth-order valence-corrected chi connectivity index (χ4v) is 3.37. The van der Waals surface area contributed by atoms with Gasteiger partial charge in [0.25, 0.3) is 5.91 Å². The molecule has 120 valence electrons. The smallest absolute Gasteiger partial charge is 0.268 e. The van der Waals surface area contributed by atoms with Crippen LogP contribution in [0, 0.1) is 5.92 Å². The van der Waals surface area contributed by atoms with Crippen LogP contribution in [0.4, 0.5) is 0 Å². The molecule has 0 spiro atoms. The van der Waals surface area contributed by atoms with Crippen LogP contribution in [0.15, 0.2) is 71.3 Å². The molecule has 5 nitrogen and oxygen atoms in total. The van der Waals surface area contributed by atoms with Gasteiger partial charge in [-0.05, 0) is 17.2 Å². The van der Waals surface area contributed by atoms with Crippen LogP contribution in [0.2, 0.25) is 0 Å². The minimum absolute atomic E-state index is 0.0194. The Bertz CT molecular complexity index is 814. The molecule has 24 heavy (non-hydrogen) atoms. The molecule has 2 aromatic rings. The topological polar surface area (TPSA) is 56.7 Å². The summed E-state index contributed by atoms with van der Waals surface area (Å²) in [6, 6.07) is 20.1. The summed E-state index contributed by atoms with van der Waals surface area (Å²) in [6.07, 6.45) is 1.95. The van der Waals surface area contributed by atoms with Gasteiger partial charge >= 0.3 is 0 Å². The maximum absolute atomic E-state index is 12.5. The van der Waals surface area contributed by atoms with Gasteiger partial charge in [-0.1, -0.05) is 60.7 Å². The third kappa shape index (κ3) is 2.49. The van der Waals surface area contributed by atoms with Crippen LogP contribution in [0.3, 0.4) is 0 Å². The maximum atomic E-state index is 12.5. The van der Waals surface area contributed by atoms with E-state index in [1.54, 1.807) is 0 Å². The Kier molecular flexibility index (Phi) is 3.63. The lowest BCUT2D eigenvalue weighted by Crippen LogP contribution is -2.38. The molecule has 1 fully saturated rings. The Labute approximate surface area is 140 Å². The van der Waals surface area contributed by atoms with E-state index >= 15 is 0 Å². The Hall–Kier alpha value is -2.92. The van der Waals surface area contributed by atoms with Crippen molar-refractivity contribution in [3.63, 3.8) is 0 Å². The third-order valence-electron chi connectivity index (χ3n) is 4.46. The summed E-state index contributed by atoms with van der Waals surface area (Å²) < 4.78 is 0. The molecule has 2 aliphatic heterocycles. The van der Waals surface area contributed by atoms with Crippen molar-refractivity contribution in [1.29, 1.82) is 0 Å². The van der Waals surface area contributed by atoms with Gasteiger partial charge in [0, 0.05) is 12.6 Å². The van der Waals surface area contributed by atoms with Crippen molar-refractivity contribution >= 4 is 17.8 Å². The van der Waals surface area contributed by atoms with Crippen molar-refractivity contribution in [3.8, 4) is 0 Å². The first kappa shape index (κ1) is 14.7. The zero-order chi connectivity index (χ0) is 16.5. The molecule has 1 amide bonds. The van der Waals surface area contributed by atoms with Crippen molar-refractivity contribution in [2.24, 2.45) is 11.0 Å². The summed E-state index contributed by atoms with van der Waals surface area (Å²) in [5, 5.41) is 6.23. The Balaban J connectivity index is 1.81. The lowest BCUT2D eigenvalue weighted by atomic mass is 9.85. The van der Waals surface area contributed by atoms with Crippen molar-refractivity contribution in [3.05, 3.63) is 77.4 Å². The number of carbonyl (C=O) groups excluding carboxylic acids is 1. The van der Waals surface area contributed by atoms with Crippen molar-refractivity contribution in [1.82, 2.24) is 15.9 Å². The normalized spacial score (nSPS) is 25.0. The zero-order valence-electron chi connectivity index (χ0n) is 13.3. The number of hydrazone groups is 1. The lowest BCUT2D eigenvalue weighted by Gasteiger charge is -2.25. The van der Waals surface area contributed by atoms with Gasteiger partial charge in [-0.3, -0.25) is 4.79 Å². The summed E-state index contributed by atoms with van der Waals surface area (Å²) in [6.45, 7) is 0. The van der Waals surface area contributed by atoms with Gasteiger partial charge < -0.3 is 5.43 Å². The first-order chi connectivity index (χ1) is 11.7. The van der Waals surface area contributed by atoms with E-state index in [1.165, 1.54) is 0 Å². The Morgan fingerprint density at radius 3 is 2.42 bits per heavy atom. The number of hydrogen-bond donors (Lipinski definition) is 2. The second-order valence-corrected chi connectivity index (χ2v) is 6.00. The fraction of sp³-hybridized carbons (Fsp3) is 0.158. The molecule has 2 unspecified atom stereocenters. The molecule has 4 rings (SSSR count). The number of amidine groups is 1. The zero-order valence-corrected chi connectivity index (χ0v) is 13.3.